The maximum atomic E-state index is 5.50. The van der Waals surface area contributed by atoms with Gasteiger partial charge in [-0.3, -0.25) is 0 Å². The first kappa shape index (κ1) is 10.9. The van der Waals surface area contributed by atoms with E-state index < -0.39 is 0 Å². The molecule has 4 heteroatoms. The molecule has 2 rings (SSSR count). The van der Waals surface area contributed by atoms with E-state index in [9.17, 15) is 0 Å². The molecule has 0 spiro atoms. The molecule has 0 radical (unpaired) electrons. The molecule has 0 aliphatic rings. The molecular formula is C10H8I2OS. The maximum absolute atomic E-state index is 5.50. The van der Waals surface area contributed by atoms with Crippen molar-refractivity contribution in [2.75, 3.05) is 6.61 Å². The second-order valence-corrected chi connectivity index (χ2v) is 6.23. The van der Waals surface area contributed by atoms with Crippen LogP contribution in [0.1, 0.15) is 6.92 Å². The molecular weight excluding hydrogens is 422 g/mol. The number of hydrogen-bond acceptors (Lipinski definition) is 2. The Kier molecular flexibility index (Phi) is 3.54. The summed E-state index contributed by atoms with van der Waals surface area (Å²) in [5.41, 5.74) is 0. The topological polar surface area (TPSA) is 9.23 Å². The summed E-state index contributed by atoms with van der Waals surface area (Å²) < 4.78 is 9.41. The molecule has 1 aromatic carbocycles. The van der Waals surface area contributed by atoms with E-state index in [-0.39, 0.29) is 0 Å². The molecule has 0 atom stereocenters. The van der Waals surface area contributed by atoms with Crippen molar-refractivity contribution in [3.8, 4) is 5.06 Å². The molecule has 0 saturated heterocycles. The number of benzene rings is 1. The molecule has 74 valence electrons. The third-order valence-electron chi connectivity index (χ3n) is 1.80. The summed E-state index contributed by atoms with van der Waals surface area (Å²) in [5, 5.41) is 2.30. The van der Waals surface area contributed by atoms with Crippen LogP contribution in [0.25, 0.3) is 10.1 Å². The minimum Gasteiger partial charge on any atom is -0.484 e. The summed E-state index contributed by atoms with van der Waals surface area (Å²) in [6, 6.07) is 6.50. The molecule has 0 fully saturated rings. The van der Waals surface area contributed by atoms with Gasteiger partial charge in [-0.25, -0.2) is 0 Å². The summed E-state index contributed by atoms with van der Waals surface area (Å²) in [5.74, 6) is 0. The highest BCUT2D eigenvalue weighted by molar-refractivity contribution is 14.1. The Balaban J connectivity index is 2.58. The second kappa shape index (κ2) is 4.52. The maximum Gasteiger partial charge on any atom is 0.174 e. The molecule has 0 N–H and O–H groups in total. The van der Waals surface area contributed by atoms with Crippen LogP contribution in [0.2, 0.25) is 0 Å². The zero-order chi connectivity index (χ0) is 10.1. The first-order valence-corrected chi connectivity index (χ1v) is 7.19. The van der Waals surface area contributed by atoms with Gasteiger partial charge >= 0.3 is 0 Å². The van der Waals surface area contributed by atoms with Crippen LogP contribution in [0.5, 0.6) is 5.06 Å². The molecule has 2 aromatic rings. The van der Waals surface area contributed by atoms with E-state index >= 15 is 0 Å². The predicted molar refractivity (Wildman–Crippen MR) is 78.4 cm³/mol. The predicted octanol–water partition coefficient (Wildman–Crippen LogP) is 4.51. The van der Waals surface area contributed by atoms with Crippen LogP contribution in [-0.4, -0.2) is 6.61 Å². The van der Waals surface area contributed by atoms with Crippen molar-refractivity contribution in [2.45, 2.75) is 6.92 Å². The van der Waals surface area contributed by atoms with E-state index in [2.05, 4.69) is 63.4 Å². The molecule has 0 saturated carbocycles. The van der Waals surface area contributed by atoms with Crippen molar-refractivity contribution in [2.24, 2.45) is 0 Å². The molecule has 1 heterocycles. The zero-order valence-corrected chi connectivity index (χ0v) is 12.6. The van der Waals surface area contributed by atoms with Crippen molar-refractivity contribution >= 4 is 66.6 Å². The number of fused-ring (bicyclic) bond motifs is 1. The second-order valence-electron chi connectivity index (χ2n) is 2.80. The van der Waals surface area contributed by atoms with Crippen molar-refractivity contribution in [3.05, 3.63) is 25.3 Å². The molecule has 0 unspecified atom stereocenters. The quantitative estimate of drug-likeness (QED) is 0.638. The monoisotopic (exact) mass is 430 g/mol. The van der Waals surface area contributed by atoms with Gasteiger partial charge in [-0.2, -0.15) is 0 Å². The van der Waals surface area contributed by atoms with Crippen LogP contribution in [0, 0.1) is 7.14 Å². The Morgan fingerprint density at radius 3 is 2.79 bits per heavy atom. The SMILES string of the molecule is CCOc1cc2cc(I)cc(I)c2s1. The molecule has 0 aliphatic heterocycles. The molecule has 0 amide bonds. The highest BCUT2D eigenvalue weighted by Crippen LogP contribution is 2.35. The van der Waals surface area contributed by atoms with Crippen LogP contribution in [0.4, 0.5) is 0 Å². The Bertz CT molecular complexity index is 464. The Hall–Kier alpha value is 0.440. The van der Waals surface area contributed by atoms with Gasteiger partial charge in [0.2, 0.25) is 0 Å². The molecule has 1 nitrogen and oxygen atoms in total. The van der Waals surface area contributed by atoms with Gasteiger partial charge in [0.05, 0.1) is 11.3 Å². The van der Waals surface area contributed by atoms with E-state index in [1.807, 2.05) is 6.92 Å². The summed E-state index contributed by atoms with van der Waals surface area (Å²) in [7, 11) is 0. The largest absolute Gasteiger partial charge is 0.484 e. The lowest BCUT2D eigenvalue weighted by Gasteiger charge is -1.94. The molecule has 0 aliphatic carbocycles. The minimum atomic E-state index is 0.737. The van der Waals surface area contributed by atoms with Crippen LogP contribution in [0.15, 0.2) is 18.2 Å². The van der Waals surface area contributed by atoms with Gasteiger partial charge < -0.3 is 4.74 Å². The Labute approximate surface area is 114 Å². The minimum absolute atomic E-state index is 0.737. The van der Waals surface area contributed by atoms with Gasteiger partial charge in [-0.15, -0.1) is 0 Å². The highest BCUT2D eigenvalue weighted by Gasteiger charge is 2.06. The zero-order valence-electron chi connectivity index (χ0n) is 7.51. The van der Waals surface area contributed by atoms with Gasteiger partial charge in [0.15, 0.2) is 5.06 Å². The number of halogens is 2. The lowest BCUT2D eigenvalue weighted by molar-refractivity contribution is 0.350. The summed E-state index contributed by atoms with van der Waals surface area (Å²) >= 11 is 6.44. The highest BCUT2D eigenvalue weighted by atomic mass is 127. The molecule has 0 bridgehead atoms. The van der Waals surface area contributed by atoms with E-state index in [1.165, 1.54) is 17.2 Å². The average Bonchev–Trinajstić information content (AvgIpc) is 2.48. The van der Waals surface area contributed by atoms with Crippen molar-refractivity contribution in [1.82, 2.24) is 0 Å². The lowest BCUT2D eigenvalue weighted by Crippen LogP contribution is -1.86. The fraction of sp³-hybridized carbons (Fsp3) is 0.200. The Morgan fingerprint density at radius 2 is 2.07 bits per heavy atom. The van der Waals surface area contributed by atoms with Crippen molar-refractivity contribution < 1.29 is 4.74 Å². The van der Waals surface area contributed by atoms with Gasteiger partial charge in [0, 0.05) is 7.14 Å². The van der Waals surface area contributed by atoms with Crippen LogP contribution in [-0.2, 0) is 0 Å². The average molecular weight is 430 g/mol. The van der Waals surface area contributed by atoms with Gasteiger partial charge in [0.1, 0.15) is 0 Å². The van der Waals surface area contributed by atoms with Crippen molar-refractivity contribution in [3.63, 3.8) is 0 Å². The number of rotatable bonds is 2. The summed E-state index contributed by atoms with van der Waals surface area (Å²) in [6.07, 6.45) is 0. The van der Waals surface area contributed by atoms with Gasteiger partial charge in [0.25, 0.3) is 0 Å². The first-order chi connectivity index (χ1) is 6.70. The van der Waals surface area contributed by atoms with E-state index in [0.717, 1.165) is 11.7 Å². The lowest BCUT2D eigenvalue weighted by atomic mass is 10.3. The van der Waals surface area contributed by atoms with Gasteiger partial charge in [-0.1, -0.05) is 11.3 Å². The van der Waals surface area contributed by atoms with E-state index in [1.54, 1.807) is 11.3 Å². The van der Waals surface area contributed by atoms with Crippen LogP contribution >= 0.6 is 56.5 Å². The van der Waals surface area contributed by atoms with Crippen LogP contribution < -0.4 is 4.74 Å². The molecule has 1 aromatic heterocycles. The Morgan fingerprint density at radius 1 is 1.29 bits per heavy atom. The smallest absolute Gasteiger partial charge is 0.174 e. The summed E-state index contributed by atoms with van der Waals surface area (Å²) in [6.45, 7) is 2.75. The number of thiophene rings is 1. The van der Waals surface area contributed by atoms with E-state index in [4.69, 9.17) is 4.74 Å². The normalized spacial score (nSPS) is 10.8. The third kappa shape index (κ3) is 2.16. The fourth-order valence-corrected chi connectivity index (χ4v) is 4.44. The number of ether oxygens (including phenoxy) is 1. The third-order valence-corrected chi connectivity index (χ3v) is 4.74. The van der Waals surface area contributed by atoms with E-state index in [0.29, 0.717) is 0 Å². The molecule has 14 heavy (non-hydrogen) atoms. The van der Waals surface area contributed by atoms with Gasteiger partial charge in [-0.05, 0) is 75.7 Å². The first-order valence-electron chi connectivity index (χ1n) is 4.22. The summed E-state index contributed by atoms with van der Waals surface area (Å²) in [4.78, 5) is 0. The van der Waals surface area contributed by atoms with Crippen LogP contribution in [0.3, 0.4) is 0 Å². The van der Waals surface area contributed by atoms with Crippen molar-refractivity contribution in [1.29, 1.82) is 0 Å². The number of hydrogen-bond donors (Lipinski definition) is 0. The standard InChI is InChI=1S/C10H8I2OS/c1-2-13-9-4-6-3-7(11)5-8(12)10(6)14-9/h3-5H,2H2,1H3. The fourth-order valence-electron chi connectivity index (χ4n) is 1.27.